The summed E-state index contributed by atoms with van der Waals surface area (Å²) >= 11 is 6.65. The second-order valence-electron chi connectivity index (χ2n) is 5.47. The van der Waals surface area contributed by atoms with E-state index in [1.807, 2.05) is 13.0 Å². The first-order valence-electron chi connectivity index (χ1n) is 8.06. The number of benzene rings is 2. The first kappa shape index (κ1) is 19.5. The quantitative estimate of drug-likeness (QED) is 0.484. The first-order valence-corrected chi connectivity index (χ1v) is 9.65. The summed E-state index contributed by atoms with van der Waals surface area (Å²) in [5.74, 6) is 0.975. The van der Waals surface area contributed by atoms with Gasteiger partial charge < -0.3 is 19.3 Å². The molecule has 2 aromatic carbocycles. The Hall–Kier alpha value is -2.26. The molecule has 1 aliphatic rings. The van der Waals surface area contributed by atoms with E-state index < -0.39 is 12.0 Å². The summed E-state index contributed by atoms with van der Waals surface area (Å²) in [6, 6.07) is 8.75. The van der Waals surface area contributed by atoms with Crippen LogP contribution in [-0.4, -0.2) is 36.5 Å². The molecular formula is C18H16Br2N2O5. The van der Waals surface area contributed by atoms with Gasteiger partial charge in [-0.05, 0) is 57.0 Å². The Kier molecular flexibility index (Phi) is 6.22. The molecule has 0 aromatic heterocycles. The number of carbonyl (C=O) groups excluding carboxylic acids is 1. The highest BCUT2D eigenvalue weighted by molar-refractivity contribution is 9.13. The van der Waals surface area contributed by atoms with E-state index in [0.29, 0.717) is 38.4 Å². The molecule has 1 amide bonds. The number of hydrogen-bond donors (Lipinski definition) is 2. The van der Waals surface area contributed by atoms with E-state index in [9.17, 15) is 9.90 Å². The molecule has 2 N–H and O–H groups in total. The summed E-state index contributed by atoms with van der Waals surface area (Å²) in [6.07, 6.45) is 0.637. The number of halogens is 2. The van der Waals surface area contributed by atoms with Crippen molar-refractivity contribution in [1.29, 1.82) is 0 Å². The lowest BCUT2D eigenvalue weighted by molar-refractivity contribution is -0.130. The number of nitrogens with one attached hydrogen (secondary N) is 1. The molecule has 142 valence electrons. The van der Waals surface area contributed by atoms with Crippen molar-refractivity contribution >= 4 is 44.0 Å². The minimum absolute atomic E-state index is 0.0173. The van der Waals surface area contributed by atoms with E-state index in [4.69, 9.17) is 14.2 Å². The number of carbonyl (C=O) groups is 1. The third-order valence-electron chi connectivity index (χ3n) is 3.65. The van der Waals surface area contributed by atoms with Crippen LogP contribution in [0, 0.1) is 0 Å². The van der Waals surface area contributed by atoms with E-state index >= 15 is 0 Å². The van der Waals surface area contributed by atoms with Gasteiger partial charge in [0.15, 0.2) is 23.0 Å². The Morgan fingerprint density at radius 3 is 2.85 bits per heavy atom. The molecule has 0 fully saturated rings. The lowest BCUT2D eigenvalue weighted by Gasteiger charge is -2.24. The molecule has 1 heterocycles. The molecule has 0 saturated carbocycles. The maximum Gasteiger partial charge on any atom is 0.284 e. The number of rotatable bonds is 5. The molecule has 3 rings (SSSR count). The molecule has 2 aromatic rings. The van der Waals surface area contributed by atoms with Crippen molar-refractivity contribution in [1.82, 2.24) is 5.43 Å². The number of para-hydroxylation sites is 2. The van der Waals surface area contributed by atoms with Crippen molar-refractivity contribution in [3.05, 3.63) is 44.8 Å². The second kappa shape index (κ2) is 8.62. The van der Waals surface area contributed by atoms with E-state index in [1.54, 1.807) is 24.3 Å². The number of nitrogens with zero attached hydrogens (tertiary/aromatic N) is 1. The Balaban J connectivity index is 1.68. The standard InChI is InChI=1S/C18H16Br2N2O5/c1-2-25-13-7-10(15(19)16(20)17(13)23)8-21-22-18(24)14-9-26-11-5-3-4-6-12(11)27-14/h3-8,14,23H,2,9H2,1H3,(H,22,24)/b21-8+. The van der Waals surface area contributed by atoms with Crippen LogP contribution in [0.15, 0.2) is 44.4 Å². The largest absolute Gasteiger partial charge is 0.503 e. The molecule has 7 nitrogen and oxygen atoms in total. The van der Waals surface area contributed by atoms with E-state index in [1.165, 1.54) is 6.21 Å². The Morgan fingerprint density at radius 2 is 2.11 bits per heavy atom. The zero-order valence-corrected chi connectivity index (χ0v) is 17.4. The van der Waals surface area contributed by atoms with E-state index in [2.05, 4.69) is 42.4 Å². The summed E-state index contributed by atoms with van der Waals surface area (Å²) in [5, 5.41) is 14.0. The predicted octanol–water partition coefficient (Wildman–Crippen LogP) is 3.61. The van der Waals surface area contributed by atoms with Crippen LogP contribution in [-0.2, 0) is 4.79 Å². The van der Waals surface area contributed by atoms with Crippen LogP contribution in [0.5, 0.6) is 23.0 Å². The zero-order valence-electron chi connectivity index (χ0n) is 14.2. The molecule has 27 heavy (non-hydrogen) atoms. The normalized spacial score (nSPS) is 15.6. The number of fused-ring (bicyclic) bond motifs is 1. The average molecular weight is 500 g/mol. The Morgan fingerprint density at radius 1 is 1.37 bits per heavy atom. The Bertz CT molecular complexity index is 888. The van der Waals surface area contributed by atoms with Crippen molar-refractivity contribution in [3.63, 3.8) is 0 Å². The van der Waals surface area contributed by atoms with Gasteiger partial charge in [0.1, 0.15) is 6.61 Å². The number of phenols is 1. The minimum Gasteiger partial charge on any atom is -0.503 e. The third-order valence-corrected chi connectivity index (χ3v) is 5.81. The van der Waals surface area contributed by atoms with Gasteiger partial charge in [0, 0.05) is 10.0 Å². The fraction of sp³-hybridized carbons (Fsp3) is 0.222. The number of phenolic OH excluding ortho intramolecular Hbond substituents is 1. The number of hydrazone groups is 1. The first-order chi connectivity index (χ1) is 13.0. The second-order valence-corrected chi connectivity index (χ2v) is 7.06. The molecule has 1 unspecified atom stereocenters. The zero-order chi connectivity index (χ0) is 19.4. The molecule has 0 saturated heterocycles. The van der Waals surface area contributed by atoms with Gasteiger partial charge in [0.05, 0.1) is 17.3 Å². The molecule has 9 heteroatoms. The highest BCUT2D eigenvalue weighted by Gasteiger charge is 2.27. The smallest absolute Gasteiger partial charge is 0.284 e. The fourth-order valence-electron chi connectivity index (χ4n) is 2.36. The summed E-state index contributed by atoms with van der Waals surface area (Å²) in [7, 11) is 0. The van der Waals surface area contributed by atoms with Gasteiger partial charge in [0.25, 0.3) is 5.91 Å². The van der Waals surface area contributed by atoms with Gasteiger partial charge in [-0.25, -0.2) is 5.43 Å². The monoisotopic (exact) mass is 498 g/mol. The van der Waals surface area contributed by atoms with Crippen molar-refractivity contribution < 1.29 is 24.1 Å². The molecule has 0 spiro atoms. The maximum atomic E-state index is 12.3. The molecule has 0 aliphatic carbocycles. The van der Waals surface area contributed by atoms with Crippen molar-refractivity contribution in [2.75, 3.05) is 13.2 Å². The molecule has 1 atom stereocenters. The molecule has 0 radical (unpaired) electrons. The minimum atomic E-state index is -0.800. The fourth-order valence-corrected chi connectivity index (χ4v) is 3.19. The topological polar surface area (TPSA) is 89.4 Å². The van der Waals surface area contributed by atoms with Crippen LogP contribution in [0.2, 0.25) is 0 Å². The third kappa shape index (κ3) is 4.36. The SMILES string of the molecule is CCOc1cc(/C=N/NC(=O)C2COc3ccccc3O2)c(Br)c(Br)c1O. The number of ether oxygens (including phenoxy) is 3. The van der Waals surface area contributed by atoms with Crippen molar-refractivity contribution in [2.24, 2.45) is 5.10 Å². The molecule has 1 aliphatic heterocycles. The number of aromatic hydroxyl groups is 1. The number of amides is 1. The predicted molar refractivity (Wildman–Crippen MR) is 107 cm³/mol. The van der Waals surface area contributed by atoms with Crippen molar-refractivity contribution in [3.8, 4) is 23.0 Å². The Labute approximate surface area is 172 Å². The van der Waals surface area contributed by atoms with Crippen LogP contribution in [0.4, 0.5) is 0 Å². The summed E-state index contributed by atoms with van der Waals surface area (Å²) < 4.78 is 17.5. The van der Waals surface area contributed by atoms with Gasteiger partial charge in [-0.2, -0.15) is 5.10 Å². The number of hydrogen-bond acceptors (Lipinski definition) is 6. The lowest BCUT2D eigenvalue weighted by atomic mass is 10.2. The van der Waals surface area contributed by atoms with Crippen molar-refractivity contribution in [2.45, 2.75) is 13.0 Å². The highest BCUT2D eigenvalue weighted by Crippen LogP contribution is 2.41. The van der Waals surface area contributed by atoms with Gasteiger partial charge in [-0.3, -0.25) is 4.79 Å². The summed E-state index contributed by atoms with van der Waals surface area (Å²) in [5.41, 5.74) is 3.04. The van der Waals surface area contributed by atoms with Gasteiger partial charge >= 0.3 is 0 Å². The van der Waals surface area contributed by atoms with Crippen LogP contribution in [0.3, 0.4) is 0 Å². The van der Waals surface area contributed by atoms with Crippen LogP contribution < -0.4 is 19.6 Å². The van der Waals surface area contributed by atoms with Crippen LogP contribution >= 0.6 is 31.9 Å². The van der Waals surface area contributed by atoms with Gasteiger partial charge in [-0.1, -0.05) is 12.1 Å². The summed E-state index contributed by atoms with van der Waals surface area (Å²) in [4.78, 5) is 12.3. The maximum absolute atomic E-state index is 12.3. The average Bonchev–Trinajstić information content (AvgIpc) is 2.69. The lowest BCUT2D eigenvalue weighted by Crippen LogP contribution is -2.42. The van der Waals surface area contributed by atoms with E-state index in [-0.39, 0.29) is 12.4 Å². The highest BCUT2D eigenvalue weighted by atomic mass is 79.9. The molecular weight excluding hydrogens is 484 g/mol. The van der Waals surface area contributed by atoms with E-state index in [0.717, 1.165) is 0 Å². The van der Waals surface area contributed by atoms with Crippen LogP contribution in [0.1, 0.15) is 12.5 Å². The molecule has 0 bridgehead atoms. The van der Waals surface area contributed by atoms with Gasteiger partial charge in [0.2, 0.25) is 6.10 Å². The summed E-state index contributed by atoms with van der Waals surface area (Å²) in [6.45, 7) is 2.31. The van der Waals surface area contributed by atoms with Gasteiger partial charge in [-0.15, -0.1) is 0 Å². The van der Waals surface area contributed by atoms with Crippen LogP contribution in [0.25, 0.3) is 0 Å².